The molecule has 2 amide bonds. The van der Waals surface area contributed by atoms with Crippen LogP contribution in [0.25, 0.3) is 0 Å². The maximum absolute atomic E-state index is 13.9. The predicted molar refractivity (Wildman–Crippen MR) is 134 cm³/mol. The van der Waals surface area contributed by atoms with Gasteiger partial charge < -0.3 is 14.8 Å². The number of nitrogens with one attached hydrogen (secondary N) is 2. The topological polar surface area (TPSA) is 132 Å². The van der Waals surface area contributed by atoms with Gasteiger partial charge in [-0.2, -0.15) is 27.1 Å². The Hall–Kier alpha value is -3.63. The Labute approximate surface area is 232 Å². The van der Waals surface area contributed by atoms with Gasteiger partial charge in [-0.25, -0.2) is 17.9 Å². The summed E-state index contributed by atoms with van der Waals surface area (Å²) in [5, 5.41) is 8.43. The van der Waals surface area contributed by atoms with Crippen LogP contribution < -0.4 is 19.7 Å². The Morgan fingerprint density at radius 1 is 1.22 bits per heavy atom. The maximum atomic E-state index is 13.9. The van der Waals surface area contributed by atoms with E-state index in [4.69, 9.17) is 4.74 Å². The number of anilines is 2. The smallest absolute Gasteiger partial charge is 0.427 e. The molecule has 1 aliphatic carbocycles. The van der Waals surface area contributed by atoms with Crippen molar-refractivity contribution in [1.82, 2.24) is 15.1 Å². The molecule has 1 aliphatic heterocycles. The third-order valence-electron chi connectivity index (χ3n) is 6.69. The van der Waals surface area contributed by atoms with Crippen LogP contribution in [0.15, 0.2) is 29.3 Å². The second kappa shape index (κ2) is 10.6. The van der Waals surface area contributed by atoms with Crippen LogP contribution >= 0.6 is 0 Å². The number of nitrogens with zero attached hydrogens (tertiary/aromatic N) is 3. The van der Waals surface area contributed by atoms with E-state index in [2.05, 4.69) is 20.5 Å². The number of aromatic nitrogens is 2. The largest absolute Gasteiger partial charge is 0.484 e. The third-order valence-corrected chi connectivity index (χ3v) is 8.70. The van der Waals surface area contributed by atoms with E-state index in [1.54, 1.807) is 0 Å². The fourth-order valence-electron chi connectivity index (χ4n) is 4.11. The molecule has 0 saturated heterocycles. The van der Waals surface area contributed by atoms with Crippen LogP contribution in [-0.4, -0.2) is 60.7 Å². The minimum atomic E-state index is -4.86. The lowest BCUT2D eigenvalue weighted by molar-refractivity contribution is -0.242. The first-order valence-corrected chi connectivity index (χ1v) is 13.9. The van der Waals surface area contributed by atoms with Gasteiger partial charge in [-0.3, -0.25) is 14.4 Å². The lowest BCUT2D eigenvalue weighted by Gasteiger charge is -2.41. The van der Waals surface area contributed by atoms with Crippen molar-refractivity contribution >= 4 is 33.4 Å². The molecule has 2 heterocycles. The summed E-state index contributed by atoms with van der Waals surface area (Å²) in [5.41, 5.74) is -3.31. The standard InChI is InChI=1S/C24H28F5N5O6S/c1-12-19(11-33(32-12)21(25)26)41(37,38)34-13(2)18(10-30-20(35)14-5-6-14)39-17-8-7-15(9-16(17)34)31-22(36)40-23(3,4)24(27,28)29/h7-9,11,13-14,18,21H,5-6,10H2,1-4H3,(H,30,35)(H,31,36)/t13-,18?/m1/s1. The Bertz CT molecular complexity index is 1440. The molecule has 0 radical (unpaired) electrons. The number of sulfonamides is 1. The van der Waals surface area contributed by atoms with Gasteiger partial charge in [0.15, 0.2) is 0 Å². The van der Waals surface area contributed by atoms with Gasteiger partial charge in [0, 0.05) is 11.6 Å². The fraction of sp³-hybridized carbons (Fsp3) is 0.542. The Balaban J connectivity index is 1.70. The Morgan fingerprint density at radius 3 is 2.44 bits per heavy atom. The van der Waals surface area contributed by atoms with Crippen LogP contribution in [-0.2, 0) is 19.6 Å². The number of fused-ring (bicyclic) bond motifs is 1. The molecule has 1 aromatic heterocycles. The molecule has 1 unspecified atom stereocenters. The van der Waals surface area contributed by atoms with E-state index in [1.807, 2.05) is 0 Å². The number of benzene rings is 1. The van der Waals surface area contributed by atoms with Crippen molar-refractivity contribution in [3.8, 4) is 5.75 Å². The summed E-state index contributed by atoms with van der Waals surface area (Å²) in [6.07, 6.45) is -5.08. The molecule has 41 heavy (non-hydrogen) atoms. The van der Waals surface area contributed by atoms with Gasteiger partial charge in [-0.15, -0.1) is 0 Å². The molecule has 17 heteroatoms. The molecule has 11 nitrogen and oxygen atoms in total. The summed E-state index contributed by atoms with van der Waals surface area (Å²) in [7, 11) is -4.61. The maximum Gasteiger partial charge on any atom is 0.427 e. The number of hydrogen-bond acceptors (Lipinski definition) is 7. The SMILES string of the molecule is Cc1nn(C(F)F)cc1S(=O)(=O)N1c2cc(NC(=O)OC(C)(C)C(F)(F)F)ccc2OC(CNC(=O)C2CC2)[C@H]1C. The molecule has 226 valence electrons. The highest BCUT2D eigenvalue weighted by atomic mass is 32.2. The van der Waals surface area contributed by atoms with Crippen LogP contribution in [0.5, 0.6) is 5.75 Å². The normalized spacial score (nSPS) is 19.4. The van der Waals surface area contributed by atoms with E-state index in [0.717, 1.165) is 23.2 Å². The first-order chi connectivity index (χ1) is 18.9. The van der Waals surface area contributed by atoms with Crippen molar-refractivity contribution in [2.75, 3.05) is 16.2 Å². The Morgan fingerprint density at radius 2 is 1.88 bits per heavy atom. The van der Waals surface area contributed by atoms with Crippen molar-refractivity contribution in [3.63, 3.8) is 0 Å². The van der Waals surface area contributed by atoms with E-state index in [0.29, 0.717) is 20.0 Å². The Kier molecular flexibility index (Phi) is 7.88. The van der Waals surface area contributed by atoms with Crippen LogP contribution in [0.3, 0.4) is 0 Å². The van der Waals surface area contributed by atoms with Crippen LogP contribution in [0.4, 0.5) is 38.1 Å². The number of ether oxygens (including phenoxy) is 2. The van der Waals surface area contributed by atoms with Gasteiger partial charge in [0.1, 0.15) is 16.7 Å². The molecule has 1 aromatic carbocycles. The van der Waals surface area contributed by atoms with Crippen molar-refractivity contribution in [3.05, 3.63) is 30.1 Å². The molecule has 2 atom stereocenters. The number of aryl methyl sites for hydroxylation is 1. The average molecular weight is 610 g/mol. The quantitative estimate of drug-likeness (QED) is 0.426. The minimum absolute atomic E-state index is 0.00853. The molecule has 1 saturated carbocycles. The van der Waals surface area contributed by atoms with Crippen molar-refractivity contribution in [2.45, 2.75) is 75.9 Å². The number of rotatable bonds is 8. The average Bonchev–Trinajstić information content (AvgIpc) is 3.62. The number of alkyl halides is 5. The van der Waals surface area contributed by atoms with Crippen molar-refractivity contribution in [1.29, 1.82) is 0 Å². The minimum Gasteiger partial charge on any atom is -0.484 e. The third kappa shape index (κ3) is 6.18. The van der Waals surface area contributed by atoms with Crippen molar-refractivity contribution in [2.24, 2.45) is 5.92 Å². The first-order valence-electron chi connectivity index (χ1n) is 12.5. The summed E-state index contributed by atoms with van der Waals surface area (Å²) in [4.78, 5) is 24.0. The van der Waals surface area contributed by atoms with Gasteiger partial charge in [-0.1, -0.05) is 0 Å². The van der Waals surface area contributed by atoms with Crippen molar-refractivity contribution < 1.29 is 49.4 Å². The molecule has 1 fully saturated rings. The van der Waals surface area contributed by atoms with Crippen LogP contribution in [0, 0.1) is 12.8 Å². The zero-order valence-electron chi connectivity index (χ0n) is 22.3. The fourth-order valence-corrected chi connectivity index (χ4v) is 5.95. The number of carbonyl (C=O) groups excluding carboxylic acids is 2. The zero-order chi connectivity index (χ0) is 30.5. The van der Waals surface area contributed by atoms with E-state index in [-0.39, 0.29) is 45.9 Å². The van der Waals surface area contributed by atoms with Crippen LogP contribution in [0.1, 0.15) is 45.9 Å². The monoisotopic (exact) mass is 609 g/mol. The van der Waals surface area contributed by atoms with Gasteiger partial charge in [-0.05, 0) is 58.7 Å². The van der Waals surface area contributed by atoms with Gasteiger partial charge >= 0.3 is 18.8 Å². The molecular formula is C24H28F5N5O6S. The number of carbonyl (C=O) groups is 2. The summed E-state index contributed by atoms with van der Waals surface area (Å²) >= 11 is 0. The molecule has 2 aliphatic rings. The number of halogens is 5. The number of amides is 2. The number of hydrogen-bond donors (Lipinski definition) is 2. The zero-order valence-corrected chi connectivity index (χ0v) is 23.1. The highest BCUT2D eigenvalue weighted by Gasteiger charge is 2.51. The first kappa shape index (κ1) is 30.3. The summed E-state index contributed by atoms with van der Waals surface area (Å²) in [6.45, 7) is 0.847. The van der Waals surface area contributed by atoms with Gasteiger partial charge in [0.05, 0.1) is 30.2 Å². The highest BCUT2D eigenvalue weighted by Crippen LogP contribution is 2.42. The molecular weight excluding hydrogens is 581 g/mol. The second-order valence-electron chi connectivity index (χ2n) is 10.3. The lowest BCUT2D eigenvalue weighted by atomic mass is 10.1. The molecule has 0 spiro atoms. The summed E-state index contributed by atoms with van der Waals surface area (Å²) < 4.78 is 105. The van der Waals surface area contributed by atoms with E-state index in [1.165, 1.54) is 26.0 Å². The molecule has 2 N–H and O–H groups in total. The predicted octanol–water partition coefficient (Wildman–Crippen LogP) is 4.35. The van der Waals surface area contributed by atoms with Gasteiger partial charge in [0.25, 0.3) is 10.0 Å². The van der Waals surface area contributed by atoms with Crippen LogP contribution in [0.2, 0.25) is 0 Å². The summed E-state index contributed by atoms with van der Waals surface area (Å²) in [5.74, 6) is -0.347. The summed E-state index contributed by atoms with van der Waals surface area (Å²) in [6, 6.07) is 2.64. The second-order valence-corrected chi connectivity index (χ2v) is 12.0. The van der Waals surface area contributed by atoms with Gasteiger partial charge in [0.2, 0.25) is 11.5 Å². The molecule has 4 rings (SSSR count). The molecule has 2 aromatic rings. The van der Waals surface area contributed by atoms with E-state index >= 15 is 0 Å². The molecule has 0 bridgehead atoms. The lowest BCUT2D eigenvalue weighted by Crippen LogP contribution is -2.54. The van der Waals surface area contributed by atoms with E-state index < -0.39 is 51.5 Å². The van der Waals surface area contributed by atoms with E-state index in [9.17, 15) is 40.0 Å². The highest BCUT2D eigenvalue weighted by molar-refractivity contribution is 7.93.